The van der Waals surface area contributed by atoms with Crippen LogP contribution in [0, 0.1) is 0 Å². The molecule has 1 aliphatic rings. The zero-order valence-electron chi connectivity index (χ0n) is 13.2. The van der Waals surface area contributed by atoms with Gasteiger partial charge in [-0.05, 0) is 37.4 Å². The van der Waals surface area contributed by atoms with E-state index in [-0.39, 0.29) is 5.91 Å². The van der Waals surface area contributed by atoms with Crippen LogP contribution in [0.25, 0.3) is 0 Å². The highest BCUT2D eigenvalue weighted by Gasteiger charge is 2.19. The number of likely N-dealkylation sites (N-methyl/N-ethyl adjacent to an activating group) is 1. The van der Waals surface area contributed by atoms with Crippen LogP contribution in [0.5, 0.6) is 0 Å². The molecule has 4 heteroatoms. The lowest BCUT2D eigenvalue weighted by molar-refractivity contribution is -0.119. The Morgan fingerprint density at radius 1 is 1.29 bits per heavy atom. The van der Waals surface area contributed by atoms with Crippen LogP contribution < -0.4 is 10.6 Å². The average Bonchev–Trinajstić information content (AvgIpc) is 2.51. The van der Waals surface area contributed by atoms with Crippen LogP contribution in [0.3, 0.4) is 0 Å². The number of carbonyl (C=O) groups is 1. The molecule has 1 heterocycles. The quantitative estimate of drug-likeness (QED) is 0.844. The number of rotatable bonds is 6. The van der Waals surface area contributed by atoms with Gasteiger partial charge in [0.25, 0.3) is 0 Å². The first kappa shape index (κ1) is 15.8. The molecular formula is C17H27N3O. The molecule has 1 fully saturated rings. The lowest BCUT2D eigenvalue weighted by Gasteiger charge is -2.33. The Morgan fingerprint density at radius 3 is 2.67 bits per heavy atom. The van der Waals surface area contributed by atoms with Crippen LogP contribution in [0.15, 0.2) is 24.3 Å². The Kier molecular flexibility index (Phi) is 6.05. The number of hydrogen-bond acceptors (Lipinski definition) is 3. The maximum atomic E-state index is 11.6. The van der Waals surface area contributed by atoms with Crippen molar-refractivity contribution >= 4 is 11.6 Å². The van der Waals surface area contributed by atoms with E-state index in [1.165, 1.54) is 38.9 Å². The molecule has 0 radical (unpaired) electrons. The van der Waals surface area contributed by atoms with Crippen LogP contribution in [-0.2, 0) is 11.2 Å². The van der Waals surface area contributed by atoms with Crippen LogP contribution in [0.2, 0.25) is 0 Å². The van der Waals surface area contributed by atoms with Gasteiger partial charge in [-0.3, -0.25) is 4.79 Å². The minimum absolute atomic E-state index is 0.0574. The minimum atomic E-state index is 0.0574. The summed E-state index contributed by atoms with van der Waals surface area (Å²) in [5.41, 5.74) is 2.18. The lowest BCUT2D eigenvalue weighted by Crippen LogP contribution is -2.39. The van der Waals surface area contributed by atoms with Crippen molar-refractivity contribution in [2.75, 3.05) is 32.0 Å². The van der Waals surface area contributed by atoms with Gasteiger partial charge in [0, 0.05) is 31.9 Å². The predicted octanol–water partition coefficient (Wildman–Crippen LogP) is 2.26. The summed E-state index contributed by atoms with van der Waals surface area (Å²) < 4.78 is 0. The van der Waals surface area contributed by atoms with Crippen molar-refractivity contribution in [1.82, 2.24) is 10.2 Å². The Hall–Kier alpha value is -1.55. The summed E-state index contributed by atoms with van der Waals surface area (Å²) in [6.45, 7) is 5.78. The lowest BCUT2D eigenvalue weighted by atomic mass is 10.0. The monoisotopic (exact) mass is 289 g/mol. The number of para-hydroxylation sites is 1. The molecule has 0 atom stereocenters. The van der Waals surface area contributed by atoms with E-state index < -0.39 is 0 Å². The third kappa shape index (κ3) is 4.74. The first-order valence-electron chi connectivity index (χ1n) is 8.00. The highest BCUT2D eigenvalue weighted by molar-refractivity contribution is 5.80. The van der Waals surface area contributed by atoms with E-state index in [1.54, 1.807) is 7.05 Å². The molecule has 1 aromatic rings. The van der Waals surface area contributed by atoms with Gasteiger partial charge in [-0.1, -0.05) is 25.1 Å². The number of nitrogens with one attached hydrogen (secondary N) is 2. The molecule has 1 amide bonds. The summed E-state index contributed by atoms with van der Waals surface area (Å²) in [6.07, 6.45) is 4.02. The molecule has 0 aromatic heterocycles. The summed E-state index contributed by atoms with van der Waals surface area (Å²) in [7, 11) is 1.68. The van der Waals surface area contributed by atoms with E-state index >= 15 is 0 Å². The van der Waals surface area contributed by atoms with Crippen molar-refractivity contribution in [2.45, 2.75) is 38.6 Å². The number of carbonyl (C=O) groups excluding carboxylic acids is 1. The molecule has 0 unspecified atom stereocenters. The van der Waals surface area contributed by atoms with Crippen molar-refractivity contribution < 1.29 is 4.79 Å². The normalized spacial score (nSPS) is 16.7. The third-order valence-electron chi connectivity index (χ3n) is 4.13. The summed E-state index contributed by atoms with van der Waals surface area (Å²) in [6, 6.07) is 8.65. The van der Waals surface area contributed by atoms with Crippen molar-refractivity contribution in [3.05, 3.63) is 29.8 Å². The summed E-state index contributed by atoms with van der Waals surface area (Å²) in [5.74, 6) is 0.0574. The van der Waals surface area contributed by atoms with Gasteiger partial charge >= 0.3 is 0 Å². The molecule has 21 heavy (non-hydrogen) atoms. The topological polar surface area (TPSA) is 44.4 Å². The highest BCUT2D eigenvalue weighted by atomic mass is 16.1. The fourth-order valence-corrected chi connectivity index (χ4v) is 2.91. The van der Waals surface area contributed by atoms with Gasteiger partial charge in [0.15, 0.2) is 0 Å². The number of hydrogen-bond donors (Lipinski definition) is 2. The zero-order valence-corrected chi connectivity index (χ0v) is 13.2. The zero-order chi connectivity index (χ0) is 15.1. The maximum absolute atomic E-state index is 11.6. The SMILES string of the molecule is CCCN1CCC(Nc2ccccc2CC(=O)NC)CC1. The van der Waals surface area contributed by atoms with Gasteiger partial charge in [-0.25, -0.2) is 0 Å². The van der Waals surface area contributed by atoms with Gasteiger partial charge in [-0.2, -0.15) is 0 Å². The summed E-state index contributed by atoms with van der Waals surface area (Å²) in [5, 5.41) is 6.33. The number of anilines is 1. The molecule has 1 aromatic carbocycles. The molecule has 2 rings (SSSR count). The van der Waals surface area contributed by atoms with E-state index in [4.69, 9.17) is 0 Å². The Balaban J connectivity index is 1.92. The second-order valence-electron chi connectivity index (χ2n) is 5.77. The standard InChI is InChI=1S/C17H27N3O/c1-3-10-20-11-8-15(9-12-20)19-16-7-5-4-6-14(16)13-17(21)18-2/h4-7,15,19H,3,8-13H2,1-2H3,(H,18,21). The van der Waals surface area contributed by atoms with Gasteiger partial charge in [0.1, 0.15) is 0 Å². The van der Waals surface area contributed by atoms with Gasteiger partial charge < -0.3 is 15.5 Å². The van der Waals surface area contributed by atoms with Crippen LogP contribution >= 0.6 is 0 Å². The Bertz CT molecular complexity index is 453. The van der Waals surface area contributed by atoms with Crippen molar-refractivity contribution in [1.29, 1.82) is 0 Å². The summed E-state index contributed by atoms with van der Waals surface area (Å²) in [4.78, 5) is 14.1. The molecule has 2 N–H and O–H groups in total. The van der Waals surface area contributed by atoms with Crippen molar-refractivity contribution in [2.24, 2.45) is 0 Å². The number of nitrogens with zero attached hydrogens (tertiary/aromatic N) is 1. The van der Waals surface area contributed by atoms with Gasteiger partial charge in [-0.15, -0.1) is 0 Å². The fraction of sp³-hybridized carbons (Fsp3) is 0.588. The van der Waals surface area contributed by atoms with Crippen LogP contribution in [-0.4, -0.2) is 43.5 Å². The molecule has 0 saturated carbocycles. The average molecular weight is 289 g/mol. The molecule has 1 saturated heterocycles. The van der Waals surface area contributed by atoms with Gasteiger partial charge in [0.2, 0.25) is 5.91 Å². The third-order valence-corrected chi connectivity index (χ3v) is 4.13. The van der Waals surface area contributed by atoms with E-state index in [9.17, 15) is 4.79 Å². The van der Waals surface area contributed by atoms with E-state index in [0.29, 0.717) is 12.5 Å². The molecule has 4 nitrogen and oxygen atoms in total. The minimum Gasteiger partial charge on any atom is -0.382 e. The summed E-state index contributed by atoms with van der Waals surface area (Å²) >= 11 is 0. The molecule has 116 valence electrons. The molecule has 0 bridgehead atoms. The first-order valence-corrected chi connectivity index (χ1v) is 8.00. The van der Waals surface area contributed by atoms with Gasteiger partial charge in [0.05, 0.1) is 6.42 Å². The van der Waals surface area contributed by atoms with E-state index in [0.717, 1.165) is 11.3 Å². The maximum Gasteiger partial charge on any atom is 0.224 e. The van der Waals surface area contributed by atoms with E-state index in [1.807, 2.05) is 18.2 Å². The van der Waals surface area contributed by atoms with Crippen molar-refractivity contribution in [3.63, 3.8) is 0 Å². The number of amides is 1. The molecule has 1 aliphatic heterocycles. The molecular weight excluding hydrogens is 262 g/mol. The second kappa shape index (κ2) is 8.03. The second-order valence-corrected chi connectivity index (χ2v) is 5.77. The fourth-order valence-electron chi connectivity index (χ4n) is 2.91. The van der Waals surface area contributed by atoms with Crippen LogP contribution in [0.4, 0.5) is 5.69 Å². The van der Waals surface area contributed by atoms with Crippen LogP contribution in [0.1, 0.15) is 31.7 Å². The van der Waals surface area contributed by atoms with Crippen molar-refractivity contribution in [3.8, 4) is 0 Å². The number of benzene rings is 1. The number of likely N-dealkylation sites (tertiary alicyclic amines) is 1. The Labute approximate surface area is 127 Å². The van der Waals surface area contributed by atoms with E-state index in [2.05, 4.69) is 28.5 Å². The largest absolute Gasteiger partial charge is 0.382 e. The Morgan fingerprint density at radius 2 is 2.00 bits per heavy atom. The number of piperidine rings is 1. The smallest absolute Gasteiger partial charge is 0.224 e. The molecule has 0 aliphatic carbocycles. The first-order chi connectivity index (χ1) is 10.2. The molecule has 0 spiro atoms. The predicted molar refractivity (Wildman–Crippen MR) is 87.6 cm³/mol. The highest BCUT2D eigenvalue weighted by Crippen LogP contribution is 2.21.